The van der Waals surface area contributed by atoms with Gasteiger partial charge < -0.3 is 20.9 Å². The number of nitrogen functional groups attached to an aromatic ring is 1. The summed E-state index contributed by atoms with van der Waals surface area (Å²) in [5.41, 5.74) is 8.02. The van der Waals surface area contributed by atoms with Crippen LogP contribution in [0.4, 0.5) is 5.69 Å². The number of hydrogen-bond acceptors (Lipinski definition) is 5. The van der Waals surface area contributed by atoms with Crippen molar-refractivity contribution >= 4 is 11.5 Å². The van der Waals surface area contributed by atoms with Gasteiger partial charge in [-0.1, -0.05) is 12.1 Å². The molecule has 2 aromatic carbocycles. The van der Waals surface area contributed by atoms with Crippen LogP contribution < -0.4 is 15.8 Å². The molecule has 0 spiro atoms. The molecule has 0 aliphatic heterocycles. The molecular formula is C18H22N2O3. The third kappa shape index (κ3) is 5.00. The van der Waals surface area contributed by atoms with Crippen LogP contribution in [-0.4, -0.2) is 30.6 Å². The second kappa shape index (κ2) is 8.19. The maximum atomic E-state index is 12.1. The van der Waals surface area contributed by atoms with Gasteiger partial charge in [0, 0.05) is 5.56 Å². The third-order valence-electron chi connectivity index (χ3n) is 3.44. The van der Waals surface area contributed by atoms with Gasteiger partial charge in [0.1, 0.15) is 11.5 Å². The highest BCUT2D eigenvalue weighted by Gasteiger charge is 2.08. The summed E-state index contributed by atoms with van der Waals surface area (Å²) >= 11 is 0. The summed E-state index contributed by atoms with van der Waals surface area (Å²) in [6.45, 7) is 3.36. The summed E-state index contributed by atoms with van der Waals surface area (Å²) in [7, 11) is 0. The fourth-order valence-corrected chi connectivity index (χ4v) is 2.21. The Morgan fingerprint density at radius 1 is 1.22 bits per heavy atom. The van der Waals surface area contributed by atoms with E-state index in [-0.39, 0.29) is 18.1 Å². The Labute approximate surface area is 136 Å². The zero-order valence-corrected chi connectivity index (χ0v) is 13.2. The monoisotopic (exact) mass is 314 g/mol. The largest absolute Gasteiger partial charge is 0.508 e. The quantitative estimate of drug-likeness (QED) is 0.396. The molecule has 0 fully saturated rings. The van der Waals surface area contributed by atoms with Crippen LogP contribution in [0.2, 0.25) is 0 Å². The number of phenols is 1. The van der Waals surface area contributed by atoms with Gasteiger partial charge in [0.05, 0.1) is 18.8 Å². The van der Waals surface area contributed by atoms with Gasteiger partial charge in [-0.3, -0.25) is 4.79 Å². The number of anilines is 1. The minimum atomic E-state index is -0.00884. The van der Waals surface area contributed by atoms with E-state index in [1.807, 2.05) is 19.1 Å². The topological polar surface area (TPSA) is 84.6 Å². The van der Waals surface area contributed by atoms with E-state index in [1.165, 1.54) is 0 Å². The lowest BCUT2D eigenvalue weighted by molar-refractivity contribution is 0.0991. The lowest BCUT2D eigenvalue weighted by atomic mass is 10.1. The SMILES string of the molecule is CCOc1ccc(C(=O)CNCCc2ccc(O)cc2)cc1N. The Kier molecular flexibility index (Phi) is 6.00. The van der Waals surface area contributed by atoms with Crippen LogP contribution in [0.5, 0.6) is 11.5 Å². The molecule has 0 saturated carbocycles. The van der Waals surface area contributed by atoms with Crippen LogP contribution >= 0.6 is 0 Å². The highest BCUT2D eigenvalue weighted by atomic mass is 16.5. The molecule has 0 atom stereocenters. The van der Waals surface area contributed by atoms with Crippen LogP contribution in [0.3, 0.4) is 0 Å². The zero-order chi connectivity index (χ0) is 16.7. The Bertz CT molecular complexity index is 654. The van der Waals surface area contributed by atoms with Crippen molar-refractivity contribution in [2.24, 2.45) is 0 Å². The summed E-state index contributed by atoms with van der Waals surface area (Å²) in [6.07, 6.45) is 0.791. The van der Waals surface area contributed by atoms with E-state index in [0.717, 1.165) is 12.0 Å². The number of Topliss-reactive ketones (excluding diaryl/α,β-unsaturated/α-hetero) is 1. The van der Waals surface area contributed by atoms with Crippen molar-refractivity contribution in [3.63, 3.8) is 0 Å². The van der Waals surface area contributed by atoms with E-state index in [9.17, 15) is 9.90 Å². The second-order valence-corrected chi connectivity index (χ2v) is 5.20. The van der Waals surface area contributed by atoms with Gasteiger partial charge in [-0.2, -0.15) is 0 Å². The first-order chi connectivity index (χ1) is 11.1. The number of carbonyl (C=O) groups is 1. The molecule has 0 aliphatic rings. The number of hydrogen-bond donors (Lipinski definition) is 3. The average Bonchev–Trinajstić information content (AvgIpc) is 2.55. The number of phenolic OH excluding ortho intramolecular Hbond substituents is 1. The van der Waals surface area contributed by atoms with E-state index in [2.05, 4.69) is 5.32 Å². The van der Waals surface area contributed by atoms with E-state index >= 15 is 0 Å². The smallest absolute Gasteiger partial charge is 0.176 e. The van der Waals surface area contributed by atoms with E-state index in [1.54, 1.807) is 30.3 Å². The van der Waals surface area contributed by atoms with Crippen molar-refractivity contribution in [3.05, 3.63) is 53.6 Å². The summed E-state index contributed by atoms with van der Waals surface area (Å²) in [6, 6.07) is 12.1. The number of aromatic hydroxyl groups is 1. The highest BCUT2D eigenvalue weighted by molar-refractivity contribution is 5.98. The molecule has 0 saturated heterocycles. The minimum absolute atomic E-state index is 0.00884. The molecule has 5 nitrogen and oxygen atoms in total. The average molecular weight is 314 g/mol. The number of carbonyl (C=O) groups excluding carboxylic acids is 1. The Hall–Kier alpha value is -2.53. The predicted molar refractivity (Wildman–Crippen MR) is 91.0 cm³/mol. The second-order valence-electron chi connectivity index (χ2n) is 5.20. The zero-order valence-electron chi connectivity index (χ0n) is 13.2. The molecule has 0 amide bonds. The minimum Gasteiger partial charge on any atom is -0.508 e. The molecule has 2 aromatic rings. The maximum absolute atomic E-state index is 12.1. The number of ketones is 1. The Morgan fingerprint density at radius 3 is 2.61 bits per heavy atom. The molecule has 122 valence electrons. The Morgan fingerprint density at radius 2 is 1.96 bits per heavy atom. The van der Waals surface area contributed by atoms with Crippen LogP contribution in [-0.2, 0) is 6.42 Å². The van der Waals surface area contributed by atoms with Crippen molar-refractivity contribution in [2.75, 3.05) is 25.4 Å². The standard InChI is InChI=1S/C18H22N2O3/c1-2-23-18-8-5-14(11-16(18)19)17(22)12-20-10-9-13-3-6-15(21)7-4-13/h3-8,11,20-21H,2,9-10,12,19H2,1H3. The molecule has 0 radical (unpaired) electrons. The Balaban J connectivity index is 1.80. The third-order valence-corrected chi connectivity index (χ3v) is 3.44. The summed E-state index contributed by atoms with van der Waals surface area (Å²) < 4.78 is 5.36. The van der Waals surface area contributed by atoms with Crippen LogP contribution in [0.25, 0.3) is 0 Å². The molecule has 0 unspecified atom stereocenters. The van der Waals surface area contributed by atoms with Crippen LogP contribution in [0.15, 0.2) is 42.5 Å². The molecule has 0 bridgehead atoms. The van der Waals surface area contributed by atoms with Gasteiger partial charge in [-0.25, -0.2) is 0 Å². The van der Waals surface area contributed by atoms with Gasteiger partial charge in [-0.05, 0) is 55.8 Å². The molecule has 4 N–H and O–H groups in total. The first-order valence-electron chi connectivity index (χ1n) is 7.64. The summed E-state index contributed by atoms with van der Waals surface area (Å²) in [5, 5.41) is 12.3. The lowest BCUT2D eigenvalue weighted by Gasteiger charge is -2.09. The van der Waals surface area contributed by atoms with Crippen molar-refractivity contribution < 1.29 is 14.6 Å². The lowest BCUT2D eigenvalue weighted by Crippen LogP contribution is -2.25. The van der Waals surface area contributed by atoms with E-state index < -0.39 is 0 Å². The highest BCUT2D eigenvalue weighted by Crippen LogP contribution is 2.22. The molecule has 0 heterocycles. The molecular weight excluding hydrogens is 292 g/mol. The van der Waals surface area contributed by atoms with Gasteiger partial charge in [0.25, 0.3) is 0 Å². The number of benzene rings is 2. The summed E-state index contributed by atoms with van der Waals surface area (Å²) in [5.74, 6) is 0.847. The number of nitrogens with one attached hydrogen (secondary N) is 1. The fourth-order valence-electron chi connectivity index (χ4n) is 2.21. The predicted octanol–water partition coefficient (Wildman–Crippen LogP) is 2.39. The first-order valence-corrected chi connectivity index (χ1v) is 7.64. The first kappa shape index (κ1) is 16.8. The van der Waals surface area contributed by atoms with E-state index in [0.29, 0.717) is 30.2 Å². The number of nitrogens with two attached hydrogens (primary N) is 1. The maximum Gasteiger partial charge on any atom is 0.176 e. The van der Waals surface area contributed by atoms with Gasteiger partial charge in [-0.15, -0.1) is 0 Å². The summed E-state index contributed by atoms with van der Waals surface area (Å²) in [4.78, 5) is 12.1. The van der Waals surface area contributed by atoms with Crippen molar-refractivity contribution in [3.8, 4) is 11.5 Å². The van der Waals surface area contributed by atoms with Crippen LogP contribution in [0, 0.1) is 0 Å². The van der Waals surface area contributed by atoms with Gasteiger partial charge in [0.15, 0.2) is 5.78 Å². The molecule has 2 rings (SSSR count). The van der Waals surface area contributed by atoms with Gasteiger partial charge in [0.2, 0.25) is 0 Å². The molecule has 23 heavy (non-hydrogen) atoms. The molecule has 0 aliphatic carbocycles. The van der Waals surface area contributed by atoms with Crippen LogP contribution in [0.1, 0.15) is 22.8 Å². The van der Waals surface area contributed by atoms with Crippen molar-refractivity contribution in [1.82, 2.24) is 5.32 Å². The van der Waals surface area contributed by atoms with Crippen molar-refractivity contribution in [2.45, 2.75) is 13.3 Å². The number of ether oxygens (including phenoxy) is 1. The normalized spacial score (nSPS) is 10.5. The van der Waals surface area contributed by atoms with Crippen molar-refractivity contribution in [1.29, 1.82) is 0 Å². The molecule has 5 heteroatoms. The van der Waals surface area contributed by atoms with E-state index in [4.69, 9.17) is 10.5 Å². The number of rotatable bonds is 8. The molecule has 0 aromatic heterocycles. The van der Waals surface area contributed by atoms with Gasteiger partial charge >= 0.3 is 0 Å². The fraction of sp³-hybridized carbons (Fsp3) is 0.278.